The predicted octanol–water partition coefficient (Wildman–Crippen LogP) is 1.62. The molecule has 2 rings (SSSR count). The molecule has 0 spiro atoms. The fourth-order valence-electron chi connectivity index (χ4n) is 2.78. The standard InChI is InChI=1S/C12H22N4/c1-3-16-12(14-9-15-16)8-10-6-4-5-7-11(10)13-2/h9-11,13H,3-8H2,1-2H3. The lowest BCUT2D eigenvalue weighted by Gasteiger charge is -2.31. The smallest absolute Gasteiger partial charge is 0.138 e. The molecule has 0 radical (unpaired) electrons. The van der Waals surface area contributed by atoms with Gasteiger partial charge in [-0.2, -0.15) is 5.10 Å². The van der Waals surface area contributed by atoms with Crippen molar-refractivity contribution in [1.29, 1.82) is 0 Å². The summed E-state index contributed by atoms with van der Waals surface area (Å²) in [5.41, 5.74) is 0. The fraction of sp³-hybridized carbons (Fsp3) is 0.833. The van der Waals surface area contributed by atoms with E-state index in [0.717, 1.165) is 24.7 Å². The van der Waals surface area contributed by atoms with Crippen LogP contribution in [0.15, 0.2) is 6.33 Å². The van der Waals surface area contributed by atoms with Crippen molar-refractivity contribution in [2.45, 2.75) is 51.6 Å². The Labute approximate surface area is 97.5 Å². The predicted molar refractivity (Wildman–Crippen MR) is 64.2 cm³/mol. The molecular weight excluding hydrogens is 200 g/mol. The van der Waals surface area contributed by atoms with Crippen LogP contribution in [0.3, 0.4) is 0 Å². The van der Waals surface area contributed by atoms with Gasteiger partial charge < -0.3 is 5.32 Å². The molecule has 90 valence electrons. The SMILES string of the molecule is CCn1ncnc1CC1CCCCC1NC. The molecule has 2 atom stereocenters. The van der Waals surface area contributed by atoms with Gasteiger partial charge in [0.15, 0.2) is 0 Å². The van der Waals surface area contributed by atoms with Gasteiger partial charge in [-0.15, -0.1) is 0 Å². The summed E-state index contributed by atoms with van der Waals surface area (Å²) in [5.74, 6) is 1.88. The van der Waals surface area contributed by atoms with Crippen LogP contribution in [-0.2, 0) is 13.0 Å². The van der Waals surface area contributed by atoms with Gasteiger partial charge in [0.1, 0.15) is 12.2 Å². The zero-order chi connectivity index (χ0) is 11.4. The van der Waals surface area contributed by atoms with E-state index in [1.165, 1.54) is 25.7 Å². The molecule has 1 N–H and O–H groups in total. The number of hydrogen-bond donors (Lipinski definition) is 1. The van der Waals surface area contributed by atoms with E-state index < -0.39 is 0 Å². The Morgan fingerprint density at radius 1 is 1.44 bits per heavy atom. The van der Waals surface area contributed by atoms with Crippen LogP contribution in [0.5, 0.6) is 0 Å². The van der Waals surface area contributed by atoms with Gasteiger partial charge in [0.05, 0.1) is 0 Å². The van der Waals surface area contributed by atoms with Crippen molar-refractivity contribution >= 4 is 0 Å². The van der Waals surface area contributed by atoms with E-state index in [1.807, 2.05) is 4.68 Å². The van der Waals surface area contributed by atoms with Crippen molar-refractivity contribution in [1.82, 2.24) is 20.1 Å². The van der Waals surface area contributed by atoms with E-state index in [9.17, 15) is 0 Å². The Morgan fingerprint density at radius 2 is 2.25 bits per heavy atom. The van der Waals surface area contributed by atoms with Crippen LogP contribution < -0.4 is 5.32 Å². The third kappa shape index (κ3) is 2.43. The molecule has 0 amide bonds. The molecule has 1 aliphatic rings. The molecule has 4 nitrogen and oxygen atoms in total. The van der Waals surface area contributed by atoms with Gasteiger partial charge in [0, 0.05) is 19.0 Å². The normalized spacial score (nSPS) is 25.9. The first-order valence-electron chi connectivity index (χ1n) is 6.39. The highest BCUT2D eigenvalue weighted by molar-refractivity contribution is 4.92. The van der Waals surface area contributed by atoms with Gasteiger partial charge in [-0.3, -0.25) is 4.68 Å². The Hall–Kier alpha value is -0.900. The van der Waals surface area contributed by atoms with Crippen molar-refractivity contribution < 1.29 is 0 Å². The van der Waals surface area contributed by atoms with Crippen molar-refractivity contribution in [3.05, 3.63) is 12.2 Å². The number of nitrogens with one attached hydrogen (secondary N) is 1. The van der Waals surface area contributed by atoms with Crippen LogP contribution in [-0.4, -0.2) is 27.9 Å². The fourth-order valence-corrected chi connectivity index (χ4v) is 2.78. The maximum absolute atomic E-state index is 4.37. The number of aromatic nitrogens is 3. The number of rotatable bonds is 4. The summed E-state index contributed by atoms with van der Waals surface area (Å²) in [6, 6.07) is 0.663. The quantitative estimate of drug-likeness (QED) is 0.842. The molecule has 1 fully saturated rings. The lowest BCUT2D eigenvalue weighted by molar-refractivity contribution is 0.266. The molecule has 1 saturated carbocycles. The Kier molecular flexibility index (Phi) is 3.93. The van der Waals surface area contributed by atoms with Gasteiger partial charge in [0.2, 0.25) is 0 Å². The second-order valence-corrected chi connectivity index (χ2v) is 4.64. The zero-order valence-corrected chi connectivity index (χ0v) is 10.3. The second kappa shape index (κ2) is 5.43. The largest absolute Gasteiger partial charge is 0.317 e. The maximum Gasteiger partial charge on any atom is 0.138 e. The summed E-state index contributed by atoms with van der Waals surface area (Å²) in [4.78, 5) is 4.37. The molecule has 16 heavy (non-hydrogen) atoms. The van der Waals surface area contributed by atoms with Crippen LogP contribution in [0, 0.1) is 5.92 Å². The summed E-state index contributed by atoms with van der Waals surface area (Å²) in [6.45, 7) is 3.04. The summed E-state index contributed by atoms with van der Waals surface area (Å²) < 4.78 is 2.02. The molecule has 4 heteroatoms. The van der Waals surface area contributed by atoms with Crippen LogP contribution in [0.4, 0.5) is 0 Å². The number of aryl methyl sites for hydroxylation is 1. The number of nitrogens with zero attached hydrogens (tertiary/aromatic N) is 3. The molecule has 2 unspecified atom stereocenters. The highest BCUT2D eigenvalue weighted by atomic mass is 15.3. The van der Waals surface area contributed by atoms with Crippen LogP contribution in [0.25, 0.3) is 0 Å². The zero-order valence-electron chi connectivity index (χ0n) is 10.3. The van der Waals surface area contributed by atoms with Gasteiger partial charge in [0.25, 0.3) is 0 Å². The van der Waals surface area contributed by atoms with E-state index in [2.05, 4.69) is 29.4 Å². The molecule has 0 bridgehead atoms. The van der Waals surface area contributed by atoms with Gasteiger partial charge in [-0.05, 0) is 32.7 Å². The van der Waals surface area contributed by atoms with E-state index in [4.69, 9.17) is 0 Å². The summed E-state index contributed by atoms with van der Waals surface area (Å²) >= 11 is 0. The lowest BCUT2D eigenvalue weighted by Crippen LogP contribution is -2.37. The van der Waals surface area contributed by atoms with Crippen molar-refractivity contribution in [3.8, 4) is 0 Å². The van der Waals surface area contributed by atoms with E-state index >= 15 is 0 Å². The third-order valence-corrected chi connectivity index (χ3v) is 3.72. The summed E-state index contributed by atoms with van der Waals surface area (Å²) in [7, 11) is 2.08. The van der Waals surface area contributed by atoms with Gasteiger partial charge >= 0.3 is 0 Å². The molecule has 1 aromatic heterocycles. The monoisotopic (exact) mass is 222 g/mol. The molecule has 0 aromatic carbocycles. The molecule has 0 saturated heterocycles. The minimum atomic E-state index is 0.663. The van der Waals surface area contributed by atoms with Gasteiger partial charge in [-0.1, -0.05) is 12.8 Å². The molecule has 1 heterocycles. The molecule has 1 aromatic rings. The third-order valence-electron chi connectivity index (χ3n) is 3.72. The van der Waals surface area contributed by atoms with E-state index in [-0.39, 0.29) is 0 Å². The number of hydrogen-bond acceptors (Lipinski definition) is 3. The van der Waals surface area contributed by atoms with Crippen molar-refractivity contribution in [2.75, 3.05) is 7.05 Å². The maximum atomic E-state index is 4.37. The van der Waals surface area contributed by atoms with Crippen LogP contribution in [0.1, 0.15) is 38.4 Å². The van der Waals surface area contributed by atoms with Gasteiger partial charge in [-0.25, -0.2) is 4.98 Å². The lowest BCUT2D eigenvalue weighted by atomic mass is 9.82. The van der Waals surface area contributed by atoms with Crippen molar-refractivity contribution in [2.24, 2.45) is 5.92 Å². The Morgan fingerprint density at radius 3 is 3.00 bits per heavy atom. The highest BCUT2D eigenvalue weighted by Crippen LogP contribution is 2.26. The highest BCUT2D eigenvalue weighted by Gasteiger charge is 2.25. The Balaban J connectivity index is 2.02. The van der Waals surface area contributed by atoms with Crippen molar-refractivity contribution in [3.63, 3.8) is 0 Å². The molecule has 1 aliphatic carbocycles. The average Bonchev–Trinajstić information content (AvgIpc) is 2.77. The average molecular weight is 222 g/mol. The molecular formula is C12H22N4. The minimum Gasteiger partial charge on any atom is -0.317 e. The molecule has 0 aliphatic heterocycles. The van der Waals surface area contributed by atoms with Crippen LogP contribution >= 0.6 is 0 Å². The topological polar surface area (TPSA) is 42.7 Å². The van der Waals surface area contributed by atoms with Crippen LogP contribution in [0.2, 0.25) is 0 Å². The first-order chi connectivity index (χ1) is 7.85. The minimum absolute atomic E-state index is 0.663. The first-order valence-corrected chi connectivity index (χ1v) is 6.39. The van der Waals surface area contributed by atoms with E-state index in [1.54, 1.807) is 6.33 Å². The summed E-state index contributed by atoms with van der Waals surface area (Å²) in [6.07, 6.45) is 8.10. The Bertz CT molecular complexity index is 321. The van der Waals surface area contributed by atoms with E-state index in [0.29, 0.717) is 6.04 Å². The second-order valence-electron chi connectivity index (χ2n) is 4.64. The summed E-state index contributed by atoms with van der Waals surface area (Å²) in [5, 5.41) is 7.68. The first kappa shape index (κ1) is 11.6.